The Morgan fingerprint density at radius 3 is 0.909 bits per heavy atom. The maximum absolute atomic E-state index is 12.8. The average molecular weight is 924 g/mol. The van der Waals surface area contributed by atoms with E-state index in [4.69, 9.17) is 14.2 Å². The van der Waals surface area contributed by atoms with Crippen LogP contribution in [0.4, 0.5) is 0 Å². The topological polar surface area (TPSA) is 78.9 Å². The first-order valence-corrected chi connectivity index (χ1v) is 28.3. The minimum atomic E-state index is -0.780. The quantitative estimate of drug-likeness (QED) is 0.0262. The molecule has 6 nitrogen and oxygen atoms in total. The summed E-state index contributed by atoms with van der Waals surface area (Å²) in [7, 11) is 0. The Morgan fingerprint density at radius 1 is 0.303 bits per heavy atom. The maximum Gasteiger partial charge on any atom is 0.306 e. The first-order chi connectivity index (χ1) is 32.5. The zero-order valence-electron chi connectivity index (χ0n) is 43.7. The number of allylic oxidation sites excluding steroid dienone is 10. The predicted molar refractivity (Wildman–Crippen MR) is 284 cm³/mol. The zero-order valence-corrected chi connectivity index (χ0v) is 43.7. The van der Waals surface area contributed by atoms with Crippen LogP contribution in [0.15, 0.2) is 60.8 Å². The first-order valence-electron chi connectivity index (χ1n) is 28.3. The van der Waals surface area contributed by atoms with E-state index in [1.54, 1.807) is 0 Å². The van der Waals surface area contributed by atoms with Gasteiger partial charge in [-0.25, -0.2) is 0 Å². The Labute approximate surface area is 409 Å². The summed E-state index contributed by atoms with van der Waals surface area (Å²) in [5, 5.41) is 0. The maximum atomic E-state index is 12.8. The molecule has 0 aromatic rings. The molecule has 0 aliphatic carbocycles. The third-order valence-electron chi connectivity index (χ3n) is 12.2. The Kier molecular flexibility index (Phi) is 52.3. The van der Waals surface area contributed by atoms with Gasteiger partial charge in [0.2, 0.25) is 0 Å². The fourth-order valence-electron chi connectivity index (χ4n) is 7.96. The molecule has 0 amide bonds. The molecule has 0 aliphatic heterocycles. The van der Waals surface area contributed by atoms with E-state index < -0.39 is 6.10 Å². The molecular weight excluding hydrogens is 817 g/mol. The van der Waals surface area contributed by atoms with Gasteiger partial charge in [0.05, 0.1) is 0 Å². The molecule has 66 heavy (non-hydrogen) atoms. The van der Waals surface area contributed by atoms with Gasteiger partial charge in [-0.05, 0) is 83.5 Å². The van der Waals surface area contributed by atoms with Crippen LogP contribution in [0.5, 0.6) is 0 Å². The van der Waals surface area contributed by atoms with Crippen molar-refractivity contribution in [3.63, 3.8) is 0 Å². The van der Waals surface area contributed by atoms with Crippen LogP contribution in [-0.4, -0.2) is 37.2 Å². The molecule has 1 atom stereocenters. The molecule has 0 bridgehead atoms. The summed E-state index contributed by atoms with van der Waals surface area (Å²) in [5.74, 6) is -0.892. The molecule has 1 unspecified atom stereocenters. The highest BCUT2D eigenvalue weighted by Gasteiger charge is 2.19. The van der Waals surface area contributed by atoms with Gasteiger partial charge in [-0.1, -0.05) is 242 Å². The fourth-order valence-corrected chi connectivity index (χ4v) is 7.96. The summed E-state index contributed by atoms with van der Waals surface area (Å²) in [6, 6.07) is 0. The number of carbonyl (C=O) groups excluding carboxylic acids is 3. The largest absolute Gasteiger partial charge is 0.462 e. The third-order valence-corrected chi connectivity index (χ3v) is 12.2. The van der Waals surface area contributed by atoms with Gasteiger partial charge in [-0.15, -0.1) is 0 Å². The van der Waals surface area contributed by atoms with Crippen LogP contribution < -0.4 is 0 Å². The molecule has 0 aromatic heterocycles. The SMILES string of the molecule is CCC/C=C\C/C=C\CCCCCCCC(=O)OC(COC(=O)CCCCCCCCCCCC)COC(=O)CCCCCCCCCCCC/C=C\C/C=C\C/C=C\CCCCCCC. The van der Waals surface area contributed by atoms with Gasteiger partial charge in [0.1, 0.15) is 13.2 Å². The lowest BCUT2D eigenvalue weighted by Gasteiger charge is -2.18. The second-order valence-corrected chi connectivity index (χ2v) is 18.8. The minimum absolute atomic E-state index is 0.0792. The molecule has 0 heterocycles. The molecule has 0 spiro atoms. The Balaban J connectivity index is 4.23. The van der Waals surface area contributed by atoms with E-state index >= 15 is 0 Å². The first kappa shape index (κ1) is 63.1. The molecule has 382 valence electrons. The van der Waals surface area contributed by atoms with E-state index in [2.05, 4.69) is 81.5 Å². The van der Waals surface area contributed by atoms with Gasteiger partial charge in [0.25, 0.3) is 0 Å². The Bertz CT molecular complexity index is 1200. The van der Waals surface area contributed by atoms with E-state index in [0.717, 1.165) is 103 Å². The molecule has 0 radical (unpaired) electrons. The number of ether oxygens (including phenoxy) is 3. The van der Waals surface area contributed by atoms with Gasteiger partial charge in [0.15, 0.2) is 6.10 Å². The Morgan fingerprint density at radius 2 is 0.576 bits per heavy atom. The van der Waals surface area contributed by atoms with Crippen LogP contribution in [0.3, 0.4) is 0 Å². The van der Waals surface area contributed by atoms with E-state index in [0.29, 0.717) is 19.3 Å². The summed E-state index contributed by atoms with van der Waals surface area (Å²) in [4.78, 5) is 38.0. The summed E-state index contributed by atoms with van der Waals surface area (Å²) in [5.41, 5.74) is 0. The molecule has 0 aromatic carbocycles. The molecule has 6 heteroatoms. The van der Waals surface area contributed by atoms with Crippen LogP contribution in [0.1, 0.15) is 284 Å². The van der Waals surface area contributed by atoms with E-state index in [-0.39, 0.29) is 31.1 Å². The summed E-state index contributed by atoms with van der Waals surface area (Å²) < 4.78 is 16.8. The molecule has 0 rings (SSSR count). The molecule has 0 N–H and O–H groups in total. The van der Waals surface area contributed by atoms with Crippen LogP contribution in [0.2, 0.25) is 0 Å². The minimum Gasteiger partial charge on any atom is -0.462 e. The number of hydrogen-bond donors (Lipinski definition) is 0. The second-order valence-electron chi connectivity index (χ2n) is 18.8. The van der Waals surface area contributed by atoms with E-state index in [9.17, 15) is 14.4 Å². The highest BCUT2D eigenvalue weighted by Crippen LogP contribution is 2.15. The number of carbonyl (C=O) groups is 3. The highest BCUT2D eigenvalue weighted by molar-refractivity contribution is 5.71. The van der Waals surface area contributed by atoms with Crippen molar-refractivity contribution >= 4 is 17.9 Å². The van der Waals surface area contributed by atoms with Crippen molar-refractivity contribution < 1.29 is 28.6 Å². The second kappa shape index (κ2) is 54.7. The molecule has 0 fully saturated rings. The summed E-state index contributed by atoms with van der Waals surface area (Å²) in [6.45, 7) is 6.55. The van der Waals surface area contributed by atoms with Gasteiger partial charge in [-0.2, -0.15) is 0 Å². The molecule has 0 saturated heterocycles. The van der Waals surface area contributed by atoms with Crippen molar-refractivity contribution in [2.75, 3.05) is 13.2 Å². The standard InChI is InChI=1S/C60H106O6/c1-4-7-10-13-16-19-22-24-25-26-27-28-29-30-31-32-33-34-35-37-38-41-44-47-50-53-59(62)65-56-57(55-64-58(61)52-49-46-43-40-21-18-15-12-9-6-3)66-60(63)54-51-48-45-42-39-36-23-20-17-14-11-8-5-2/h11,14,20,22-24,26-27,29-30,57H,4-10,12-13,15-19,21,25,28,31-56H2,1-3H3/b14-11-,23-20-,24-22-,27-26-,30-29-. The lowest BCUT2D eigenvalue weighted by atomic mass is 10.1. The van der Waals surface area contributed by atoms with Crippen molar-refractivity contribution in [3.05, 3.63) is 60.8 Å². The van der Waals surface area contributed by atoms with E-state index in [1.165, 1.54) is 141 Å². The average Bonchev–Trinajstić information content (AvgIpc) is 3.31. The lowest BCUT2D eigenvalue weighted by Crippen LogP contribution is -2.30. The number of esters is 3. The van der Waals surface area contributed by atoms with Crippen molar-refractivity contribution in [2.45, 2.75) is 290 Å². The Hall–Kier alpha value is -2.89. The van der Waals surface area contributed by atoms with Gasteiger partial charge in [-0.3, -0.25) is 14.4 Å². The molecular formula is C60H106O6. The summed E-state index contributed by atoms with van der Waals surface area (Å²) >= 11 is 0. The van der Waals surface area contributed by atoms with Crippen molar-refractivity contribution in [1.29, 1.82) is 0 Å². The van der Waals surface area contributed by atoms with Crippen LogP contribution in [-0.2, 0) is 28.6 Å². The van der Waals surface area contributed by atoms with Crippen LogP contribution in [0.25, 0.3) is 0 Å². The van der Waals surface area contributed by atoms with Crippen molar-refractivity contribution in [3.8, 4) is 0 Å². The van der Waals surface area contributed by atoms with Crippen LogP contribution in [0, 0.1) is 0 Å². The number of hydrogen-bond acceptors (Lipinski definition) is 6. The van der Waals surface area contributed by atoms with E-state index in [1.807, 2.05) is 0 Å². The monoisotopic (exact) mass is 923 g/mol. The summed E-state index contributed by atoms with van der Waals surface area (Å²) in [6.07, 6.45) is 67.9. The van der Waals surface area contributed by atoms with Crippen LogP contribution >= 0.6 is 0 Å². The zero-order chi connectivity index (χ0) is 47.9. The lowest BCUT2D eigenvalue weighted by molar-refractivity contribution is -0.167. The number of unbranched alkanes of at least 4 members (excludes halogenated alkanes) is 30. The van der Waals surface area contributed by atoms with Gasteiger partial charge < -0.3 is 14.2 Å². The smallest absolute Gasteiger partial charge is 0.306 e. The molecule has 0 saturated carbocycles. The number of rotatable bonds is 51. The van der Waals surface area contributed by atoms with Gasteiger partial charge in [0, 0.05) is 19.3 Å². The molecule has 0 aliphatic rings. The van der Waals surface area contributed by atoms with Crippen molar-refractivity contribution in [1.82, 2.24) is 0 Å². The normalized spacial score (nSPS) is 12.5. The van der Waals surface area contributed by atoms with Crippen molar-refractivity contribution in [2.24, 2.45) is 0 Å². The highest BCUT2D eigenvalue weighted by atomic mass is 16.6. The fraction of sp³-hybridized carbons (Fsp3) is 0.783. The van der Waals surface area contributed by atoms with Gasteiger partial charge >= 0.3 is 17.9 Å². The predicted octanol–water partition coefficient (Wildman–Crippen LogP) is 18.8. The third kappa shape index (κ3) is 52.1.